The van der Waals surface area contributed by atoms with Crippen LogP contribution < -0.4 is 9.62 Å². The number of hydrogen-bond donors (Lipinski definition) is 1. The minimum atomic E-state index is -4.22. The van der Waals surface area contributed by atoms with E-state index in [-0.39, 0.29) is 23.8 Å². The molecule has 0 fully saturated rings. The minimum Gasteiger partial charge on any atom is -0.350 e. The fraction of sp³-hybridized carbons (Fsp3) is 0.297. The van der Waals surface area contributed by atoms with E-state index in [0.717, 1.165) is 21.0 Å². The van der Waals surface area contributed by atoms with E-state index in [9.17, 15) is 18.0 Å². The van der Waals surface area contributed by atoms with Gasteiger partial charge in [-0.05, 0) is 94.1 Å². The Morgan fingerprint density at radius 1 is 0.830 bits per heavy atom. The Morgan fingerprint density at radius 3 is 2.09 bits per heavy atom. The first-order chi connectivity index (χ1) is 22.0. The van der Waals surface area contributed by atoms with E-state index in [4.69, 9.17) is 23.2 Å². The molecule has 0 radical (unpaired) electrons. The molecule has 0 aliphatic heterocycles. The number of aryl methyl sites for hydroxylation is 3. The predicted molar refractivity (Wildman–Crippen MR) is 190 cm³/mol. The van der Waals surface area contributed by atoms with Gasteiger partial charge in [0.2, 0.25) is 11.8 Å². The van der Waals surface area contributed by atoms with Crippen LogP contribution in [0.25, 0.3) is 0 Å². The Balaban J connectivity index is 1.87. The summed E-state index contributed by atoms with van der Waals surface area (Å²) in [5.41, 5.74) is 3.58. The normalized spacial score (nSPS) is 12.3. The van der Waals surface area contributed by atoms with E-state index < -0.39 is 34.1 Å². The van der Waals surface area contributed by atoms with Gasteiger partial charge in [0.15, 0.2) is 0 Å². The van der Waals surface area contributed by atoms with Gasteiger partial charge in [-0.1, -0.05) is 89.4 Å². The van der Waals surface area contributed by atoms with Crippen molar-refractivity contribution in [3.8, 4) is 0 Å². The summed E-state index contributed by atoms with van der Waals surface area (Å²) in [6, 6.07) is 25.3. The highest BCUT2D eigenvalue weighted by atomic mass is 35.5. The Hall–Kier alpha value is -3.85. The Morgan fingerprint density at radius 2 is 1.47 bits per heavy atom. The van der Waals surface area contributed by atoms with E-state index in [2.05, 4.69) is 5.32 Å². The number of rotatable bonds is 11. The smallest absolute Gasteiger partial charge is 0.264 e. The van der Waals surface area contributed by atoms with Crippen LogP contribution in [0, 0.1) is 20.8 Å². The van der Waals surface area contributed by atoms with Gasteiger partial charge in [0.1, 0.15) is 12.6 Å². The molecule has 1 N–H and O–H groups in total. The van der Waals surface area contributed by atoms with E-state index in [0.29, 0.717) is 26.9 Å². The molecule has 0 spiro atoms. The van der Waals surface area contributed by atoms with Crippen LogP contribution in [0.3, 0.4) is 0 Å². The molecule has 2 amide bonds. The Labute approximate surface area is 288 Å². The molecule has 0 heterocycles. The van der Waals surface area contributed by atoms with Gasteiger partial charge in [0, 0.05) is 28.5 Å². The van der Waals surface area contributed by atoms with Crippen molar-refractivity contribution in [2.24, 2.45) is 0 Å². The summed E-state index contributed by atoms with van der Waals surface area (Å²) in [6.45, 7) is 10.5. The number of anilines is 1. The molecule has 0 aliphatic rings. The van der Waals surface area contributed by atoms with Crippen molar-refractivity contribution in [3.63, 3.8) is 0 Å². The number of nitrogens with one attached hydrogen (secondary N) is 1. The van der Waals surface area contributed by atoms with Gasteiger partial charge in [0.05, 0.1) is 10.6 Å². The highest BCUT2D eigenvalue weighted by molar-refractivity contribution is 7.92. The highest BCUT2D eigenvalue weighted by Gasteiger charge is 2.36. The predicted octanol–water partition coefficient (Wildman–Crippen LogP) is 7.67. The average Bonchev–Trinajstić information content (AvgIpc) is 2.99. The molecule has 1 atom stereocenters. The van der Waals surface area contributed by atoms with Crippen molar-refractivity contribution >= 4 is 50.7 Å². The lowest BCUT2D eigenvalue weighted by Crippen LogP contribution is -2.56. The fourth-order valence-corrected chi connectivity index (χ4v) is 7.12. The molecule has 4 rings (SSSR count). The molecular formula is C37H41Cl2N3O4S. The summed E-state index contributed by atoms with van der Waals surface area (Å²) in [4.78, 5) is 30.2. The van der Waals surface area contributed by atoms with Crippen LogP contribution in [0.4, 0.5) is 5.69 Å². The van der Waals surface area contributed by atoms with Crippen molar-refractivity contribution < 1.29 is 18.0 Å². The van der Waals surface area contributed by atoms with Crippen molar-refractivity contribution in [2.45, 2.75) is 71.0 Å². The molecular weight excluding hydrogens is 653 g/mol. The number of amides is 2. The van der Waals surface area contributed by atoms with Crippen LogP contribution in [-0.4, -0.2) is 43.3 Å². The first-order valence-electron chi connectivity index (χ1n) is 15.3. The zero-order chi connectivity index (χ0) is 34.5. The van der Waals surface area contributed by atoms with Crippen LogP contribution >= 0.6 is 23.2 Å². The van der Waals surface area contributed by atoms with Crippen molar-refractivity contribution in [3.05, 3.63) is 129 Å². The van der Waals surface area contributed by atoms with Gasteiger partial charge in [-0.3, -0.25) is 13.9 Å². The summed E-state index contributed by atoms with van der Waals surface area (Å²) in [5.74, 6) is -0.947. The van der Waals surface area contributed by atoms with Crippen LogP contribution in [0.5, 0.6) is 0 Å². The van der Waals surface area contributed by atoms with E-state index in [1.165, 1.54) is 17.0 Å². The number of halogens is 2. The first kappa shape index (κ1) is 36.0. The largest absolute Gasteiger partial charge is 0.350 e. The van der Waals surface area contributed by atoms with Crippen LogP contribution in [0.2, 0.25) is 10.0 Å². The van der Waals surface area contributed by atoms with E-state index in [1.807, 2.05) is 77.1 Å². The van der Waals surface area contributed by atoms with Gasteiger partial charge in [-0.2, -0.15) is 0 Å². The van der Waals surface area contributed by atoms with Gasteiger partial charge in [-0.15, -0.1) is 0 Å². The van der Waals surface area contributed by atoms with Crippen molar-refractivity contribution in [1.29, 1.82) is 0 Å². The number of benzene rings is 4. The van der Waals surface area contributed by atoms with E-state index in [1.54, 1.807) is 43.3 Å². The second-order valence-electron chi connectivity index (χ2n) is 12.8. The number of carbonyl (C=O) groups is 2. The zero-order valence-electron chi connectivity index (χ0n) is 27.6. The first-order valence-corrected chi connectivity index (χ1v) is 17.5. The summed E-state index contributed by atoms with van der Waals surface area (Å²) in [5, 5.41) is 3.78. The van der Waals surface area contributed by atoms with Crippen molar-refractivity contribution in [1.82, 2.24) is 10.2 Å². The molecule has 4 aromatic carbocycles. The third-order valence-corrected chi connectivity index (χ3v) is 10.0. The van der Waals surface area contributed by atoms with Gasteiger partial charge in [0.25, 0.3) is 10.0 Å². The number of sulfonamides is 1. The molecule has 7 nitrogen and oxygen atoms in total. The highest BCUT2D eigenvalue weighted by Crippen LogP contribution is 2.30. The fourth-order valence-electron chi connectivity index (χ4n) is 5.18. The SMILES string of the molecule is Cc1ccc(S(=O)(=O)N(CC(=O)N(Cc2ccc(Cl)cc2Cl)C(Cc2ccccc2)C(=O)NC(C)(C)C)c2cc(C)ccc2C)cc1. The molecule has 10 heteroatoms. The second kappa shape index (κ2) is 14.9. The lowest BCUT2D eigenvalue weighted by molar-refractivity contribution is -0.140. The van der Waals surface area contributed by atoms with Gasteiger partial charge in [-0.25, -0.2) is 8.42 Å². The van der Waals surface area contributed by atoms with E-state index >= 15 is 0 Å². The molecule has 0 saturated heterocycles. The molecule has 248 valence electrons. The summed E-state index contributed by atoms with van der Waals surface area (Å²) in [7, 11) is -4.22. The lowest BCUT2D eigenvalue weighted by atomic mass is 10.0. The molecule has 0 aromatic heterocycles. The zero-order valence-corrected chi connectivity index (χ0v) is 29.9. The molecule has 47 heavy (non-hydrogen) atoms. The minimum absolute atomic E-state index is 0.0513. The molecule has 0 bridgehead atoms. The third-order valence-electron chi connectivity index (χ3n) is 7.65. The topological polar surface area (TPSA) is 86.8 Å². The molecule has 0 saturated carbocycles. The standard InChI is InChI=1S/C37H41Cl2N3O4S/c1-25-13-18-31(19-14-25)47(45,46)42(33-20-26(2)12-15-27(33)3)24-35(43)41(23-29-16-17-30(38)22-32(29)39)34(36(44)40-37(4,5)6)21-28-10-8-7-9-11-28/h7-20,22,34H,21,23-24H2,1-6H3,(H,40,44). The Bertz CT molecular complexity index is 1840. The monoisotopic (exact) mass is 693 g/mol. The van der Waals surface area contributed by atoms with Crippen LogP contribution in [0.1, 0.15) is 48.6 Å². The van der Waals surface area contributed by atoms with Crippen LogP contribution in [-0.2, 0) is 32.6 Å². The van der Waals surface area contributed by atoms with Crippen LogP contribution in [0.15, 0.2) is 95.9 Å². The molecule has 1 unspecified atom stereocenters. The quantitative estimate of drug-likeness (QED) is 0.175. The van der Waals surface area contributed by atoms with Gasteiger partial charge >= 0.3 is 0 Å². The van der Waals surface area contributed by atoms with Crippen molar-refractivity contribution in [2.75, 3.05) is 10.8 Å². The number of hydrogen-bond acceptors (Lipinski definition) is 4. The number of nitrogens with zero attached hydrogens (tertiary/aromatic N) is 2. The Kier molecular flexibility index (Phi) is 11.4. The summed E-state index contributed by atoms with van der Waals surface area (Å²) < 4.78 is 29.8. The average molecular weight is 695 g/mol. The molecule has 0 aliphatic carbocycles. The molecule has 4 aromatic rings. The summed E-state index contributed by atoms with van der Waals surface area (Å²) >= 11 is 12.8. The maximum Gasteiger partial charge on any atom is 0.264 e. The lowest BCUT2D eigenvalue weighted by Gasteiger charge is -2.35. The maximum absolute atomic E-state index is 14.7. The summed E-state index contributed by atoms with van der Waals surface area (Å²) in [6.07, 6.45) is 0.188. The number of carbonyl (C=O) groups excluding carboxylic acids is 2. The maximum atomic E-state index is 14.7. The second-order valence-corrected chi connectivity index (χ2v) is 15.5. The third kappa shape index (κ3) is 9.37. The van der Waals surface area contributed by atoms with Gasteiger partial charge < -0.3 is 10.2 Å².